The van der Waals surface area contributed by atoms with Gasteiger partial charge in [0.1, 0.15) is 5.75 Å². The lowest BCUT2D eigenvalue weighted by atomic mass is 9.76. The van der Waals surface area contributed by atoms with Crippen LogP contribution in [0.1, 0.15) is 52.4 Å². The lowest BCUT2D eigenvalue weighted by Crippen LogP contribution is -2.29. The third-order valence-electron chi connectivity index (χ3n) is 6.62. The molecule has 1 aliphatic heterocycles. The van der Waals surface area contributed by atoms with Gasteiger partial charge in [0.05, 0.1) is 18.9 Å². The fourth-order valence-corrected chi connectivity index (χ4v) is 4.82. The Hall–Kier alpha value is -3.86. The number of benzene rings is 3. The predicted molar refractivity (Wildman–Crippen MR) is 132 cm³/mol. The van der Waals surface area contributed by atoms with Crippen LogP contribution in [0.2, 0.25) is 0 Å². The van der Waals surface area contributed by atoms with E-state index in [0.29, 0.717) is 29.2 Å². The topological polar surface area (TPSA) is 62.7 Å². The second-order valence-electron chi connectivity index (χ2n) is 8.55. The molecule has 0 aromatic heterocycles. The SMILES string of the molecule is COc1ccc(C(=O)N/N=C(/C)c2ccc3c(c2)[C@H]2C=CC[C@@H]2[C@H](c2ccccc2)N3)cc1. The quantitative estimate of drug-likeness (QED) is 0.307. The van der Waals surface area contributed by atoms with Crippen molar-refractivity contribution >= 4 is 17.3 Å². The second kappa shape index (κ2) is 8.94. The van der Waals surface area contributed by atoms with Crippen molar-refractivity contribution in [2.75, 3.05) is 12.4 Å². The van der Waals surface area contributed by atoms with E-state index in [9.17, 15) is 4.79 Å². The maximum atomic E-state index is 12.5. The van der Waals surface area contributed by atoms with Crippen molar-refractivity contribution in [1.82, 2.24) is 5.43 Å². The van der Waals surface area contributed by atoms with Gasteiger partial charge in [-0.05, 0) is 72.4 Å². The molecule has 0 radical (unpaired) electrons. The molecule has 0 fully saturated rings. The molecule has 2 aliphatic rings. The minimum Gasteiger partial charge on any atom is -0.497 e. The van der Waals surface area contributed by atoms with E-state index in [1.165, 1.54) is 11.1 Å². The van der Waals surface area contributed by atoms with Crippen LogP contribution in [0.3, 0.4) is 0 Å². The van der Waals surface area contributed by atoms with Crippen LogP contribution >= 0.6 is 0 Å². The van der Waals surface area contributed by atoms with Gasteiger partial charge >= 0.3 is 0 Å². The van der Waals surface area contributed by atoms with E-state index in [0.717, 1.165) is 23.4 Å². The number of nitrogens with zero attached hydrogens (tertiary/aromatic N) is 1. The predicted octanol–water partition coefficient (Wildman–Crippen LogP) is 5.68. The largest absolute Gasteiger partial charge is 0.497 e. The second-order valence-corrected chi connectivity index (χ2v) is 8.55. The highest BCUT2D eigenvalue weighted by atomic mass is 16.5. The summed E-state index contributed by atoms with van der Waals surface area (Å²) in [7, 11) is 1.60. The van der Waals surface area contributed by atoms with Crippen molar-refractivity contribution in [2.45, 2.75) is 25.3 Å². The van der Waals surface area contributed by atoms with Gasteiger partial charge in [0.25, 0.3) is 5.91 Å². The summed E-state index contributed by atoms with van der Waals surface area (Å²) >= 11 is 0. The molecule has 0 unspecified atom stereocenters. The Balaban J connectivity index is 1.36. The smallest absolute Gasteiger partial charge is 0.271 e. The summed E-state index contributed by atoms with van der Waals surface area (Å²) in [5.74, 6) is 1.32. The van der Waals surface area contributed by atoms with E-state index < -0.39 is 0 Å². The highest BCUT2D eigenvalue weighted by Crippen LogP contribution is 2.49. The van der Waals surface area contributed by atoms with Gasteiger partial charge in [0.2, 0.25) is 0 Å². The molecule has 1 amide bonds. The molecule has 2 N–H and O–H groups in total. The van der Waals surface area contributed by atoms with Gasteiger partial charge in [-0.25, -0.2) is 5.43 Å². The Morgan fingerprint density at radius 3 is 2.55 bits per heavy atom. The zero-order chi connectivity index (χ0) is 22.8. The Labute approximate surface area is 194 Å². The van der Waals surface area contributed by atoms with E-state index >= 15 is 0 Å². The van der Waals surface area contributed by atoms with Crippen molar-refractivity contribution in [3.05, 3.63) is 107 Å². The number of hydrogen-bond acceptors (Lipinski definition) is 4. The van der Waals surface area contributed by atoms with Crippen molar-refractivity contribution in [3.63, 3.8) is 0 Å². The first kappa shape index (κ1) is 21.0. The van der Waals surface area contributed by atoms with Crippen LogP contribution in [0.25, 0.3) is 0 Å². The number of fused-ring (bicyclic) bond motifs is 3. The molecular weight excluding hydrogens is 410 g/mol. The molecule has 0 bridgehead atoms. The van der Waals surface area contributed by atoms with E-state index in [1.807, 2.05) is 6.92 Å². The number of amides is 1. The minimum atomic E-state index is -0.249. The monoisotopic (exact) mass is 437 g/mol. The first-order valence-electron chi connectivity index (χ1n) is 11.2. The molecule has 1 aliphatic carbocycles. The van der Waals surface area contributed by atoms with Crippen LogP contribution in [0, 0.1) is 5.92 Å². The minimum absolute atomic E-state index is 0.249. The molecular formula is C28H27N3O2. The number of anilines is 1. The molecule has 3 aromatic carbocycles. The van der Waals surface area contributed by atoms with Crippen LogP contribution in [0.5, 0.6) is 5.75 Å². The third kappa shape index (κ3) is 4.14. The van der Waals surface area contributed by atoms with E-state index in [1.54, 1.807) is 31.4 Å². The van der Waals surface area contributed by atoms with Gasteiger partial charge in [0, 0.05) is 17.2 Å². The molecule has 3 aromatic rings. The summed E-state index contributed by atoms with van der Waals surface area (Å²) in [5, 5.41) is 8.13. The lowest BCUT2D eigenvalue weighted by molar-refractivity contribution is 0.0955. The van der Waals surface area contributed by atoms with Gasteiger partial charge in [-0.15, -0.1) is 0 Å². The number of hydrazone groups is 1. The van der Waals surface area contributed by atoms with E-state index in [2.05, 4.69) is 76.5 Å². The molecule has 0 saturated carbocycles. The van der Waals surface area contributed by atoms with Gasteiger partial charge < -0.3 is 10.1 Å². The number of rotatable bonds is 5. The number of methoxy groups -OCH3 is 1. The third-order valence-corrected chi connectivity index (χ3v) is 6.62. The number of hydrogen-bond donors (Lipinski definition) is 2. The number of allylic oxidation sites excluding steroid dienone is 2. The summed E-state index contributed by atoms with van der Waals surface area (Å²) in [4.78, 5) is 12.5. The Morgan fingerprint density at radius 2 is 1.79 bits per heavy atom. The average molecular weight is 438 g/mol. The normalized spacial score (nSPS) is 21.0. The molecule has 3 atom stereocenters. The highest BCUT2D eigenvalue weighted by molar-refractivity contribution is 6.01. The number of carbonyl (C=O) groups is 1. The van der Waals surface area contributed by atoms with Crippen LogP contribution < -0.4 is 15.5 Å². The average Bonchev–Trinajstić information content (AvgIpc) is 3.37. The Kier molecular flexibility index (Phi) is 5.69. The standard InChI is InChI=1S/C28H27N3O2/c1-18(30-31-28(32)20-11-14-22(33-2)15-12-20)21-13-16-26-25(17-21)23-9-6-10-24(23)27(29-26)19-7-4-3-5-8-19/h3-9,11-17,23-24,27,29H,10H2,1-2H3,(H,31,32)/b30-18-/t23-,24-,27-/m0/s1. The molecule has 5 nitrogen and oxygen atoms in total. The van der Waals surface area contributed by atoms with Crippen molar-refractivity contribution in [3.8, 4) is 5.75 Å². The molecule has 0 spiro atoms. The zero-order valence-corrected chi connectivity index (χ0v) is 18.8. The summed E-state index contributed by atoms with van der Waals surface area (Å²) < 4.78 is 5.14. The Bertz CT molecular complexity index is 1220. The number of carbonyl (C=O) groups excluding carboxylic acids is 1. The van der Waals surface area contributed by atoms with Crippen LogP contribution in [-0.2, 0) is 0 Å². The maximum absolute atomic E-state index is 12.5. The highest BCUT2D eigenvalue weighted by Gasteiger charge is 2.37. The summed E-state index contributed by atoms with van der Waals surface area (Å²) in [6, 6.07) is 24.3. The van der Waals surface area contributed by atoms with Crippen molar-refractivity contribution in [1.29, 1.82) is 0 Å². The van der Waals surface area contributed by atoms with E-state index in [4.69, 9.17) is 4.74 Å². The van der Waals surface area contributed by atoms with Crippen molar-refractivity contribution in [2.24, 2.45) is 11.0 Å². The molecule has 5 rings (SSSR count). The summed E-state index contributed by atoms with van der Waals surface area (Å²) in [5.41, 5.74) is 8.75. The van der Waals surface area contributed by atoms with Crippen LogP contribution in [-0.4, -0.2) is 18.7 Å². The molecule has 0 saturated heterocycles. The van der Waals surface area contributed by atoms with E-state index in [-0.39, 0.29) is 5.91 Å². The Morgan fingerprint density at radius 1 is 1.03 bits per heavy atom. The first-order chi connectivity index (χ1) is 16.1. The van der Waals surface area contributed by atoms with Crippen LogP contribution in [0.15, 0.2) is 90.0 Å². The molecule has 5 heteroatoms. The lowest BCUT2D eigenvalue weighted by Gasteiger charge is -2.37. The molecule has 33 heavy (non-hydrogen) atoms. The molecule has 166 valence electrons. The van der Waals surface area contributed by atoms with Gasteiger partial charge in [-0.2, -0.15) is 5.10 Å². The number of nitrogens with one attached hydrogen (secondary N) is 2. The van der Waals surface area contributed by atoms with Gasteiger partial charge in [-0.1, -0.05) is 48.6 Å². The van der Waals surface area contributed by atoms with Crippen molar-refractivity contribution < 1.29 is 9.53 Å². The number of ether oxygens (including phenoxy) is 1. The van der Waals surface area contributed by atoms with Gasteiger partial charge in [-0.3, -0.25) is 4.79 Å². The van der Waals surface area contributed by atoms with Crippen LogP contribution in [0.4, 0.5) is 5.69 Å². The first-order valence-corrected chi connectivity index (χ1v) is 11.2. The zero-order valence-electron chi connectivity index (χ0n) is 18.8. The fourth-order valence-electron chi connectivity index (χ4n) is 4.82. The maximum Gasteiger partial charge on any atom is 0.271 e. The summed E-state index contributed by atoms with van der Waals surface area (Å²) in [6.07, 6.45) is 5.69. The van der Waals surface area contributed by atoms with Gasteiger partial charge in [0.15, 0.2) is 0 Å². The fraction of sp³-hybridized carbons (Fsp3) is 0.214. The summed E-state index contributed by atoms with van der Waals surface area (Å²) in [6.45, 7) is 1.92. The molecule has 1 heterocycles.